The second kappa shape index (κ2) is 9.18. The average Bonchev–Trinajstić information content (AvgIpc) is 2.71. The van der Waals surface area contributed by atoms with Crippen molar-refractivity contribution in [1.29, 1.82) is 0 Å². The molecular weight excluding hydrogens is 360 g/mol. The molecule has 0 aromatic heterocycles. The van der Waals surface area contributed by atoms with Crippen LogP contribution in [0.1, 0.15) is 55.6 Å². The number of hydrogen-bond acceptors (Lipinski definition) is 0. The third-order valence-electron chi connectivity index (χ3n) is 5.62. The fourth-order valence-corrected chi connectivity index (χ4v) is 2.81. The largest absolute Gasteiger partial charge is 2.00 e. The molecule has 0 fully saturated rings. The molecule has 0 saturated heterocycles. The van der Waals surface area contributed by atoms with E-state index in [1.165, 1.54) is 55.6 Å². The SMILES string of the molecule is Cc1c(C)c(C)[c-](C)c1C.Cc1c(C)c(C)[c-](C)c1C.[SiH3].[Zr+2]. The van der Waals surface area contributed by atoms with Crippen LogP contribution in [0.5, 0.6) is 0 Å². The molecule has 0 unspecified atom stereocenters. The molecule has 121 valence electrons. The Hall–Kier alpha value is -0.200. The predicted molar refractivity (Wildman–Crippen MR) is 101 cm³/mol. The van der Waals surface area contributed by atoms with Gasteiger partial charge in [-0.2, -0.15) is 55.6 Å². The van der Waals surface area contributed by atoms with Gasteiger partial charge in [0.15, 0.2) is 0 Å². The van der Waals surface area contributed by atoms with Crippen LogP contribution in [0.2, 0.25) is 0 Å². The van der Waals surface area contributed by atoms with E-state index < -0.39 is 0 Å². The van der Waals surface area contributed by atoms with Crippen molar-refractivity contribution in [3.8, 4) is 0 Å². The minimum Gasteiger partial charge on any atom is -0.196 e. The first-order valence-corrected chi connectivity index (χ1v) is 7.50. The van der Waals surface area contributed by atoms with Gasteiger partial charge < -0.3 is 0 Å². The fourth-order valence-electron chi connectivity index (χ4n) is 2.81. The van der Waals surface area contributed by atoms with E-state index in [2.05, 4.69) is 69.2 Å². The minimum absolute atomic E-state index is 0. The van der Waals surface area contributed by atoms with E-state index in [0.29, 0.717) is 0 Å². The predicted octanol–water partition coefficient (Wildman–Crippen LogP) is 4.71. The summed E-state index contributed by atoms with van der Waals surface area (Å²) < 4.78 is 0. The fraction of sp³-hybridized carbons (Fsp3) is 0.500. The summed E-state index contributed by atoms with van der Waals surface area (Å²) in [5.74, 6) is 0. The molecule has 0 bridgehead atoms. The van der Waals surface area contributed by atoms with Crippen molar-refractivity contribution in [3.63, 3.8) is 0 Å². The molecule has 0 nitrogen and oxygen atoms in total. The Morgan fingerprint density at radius 1 is 0.455 bits per heavy atom. The van der Waals surface area contributed by atoms with Gasteiger partial charge in [0.25, 0.3) is 0 Å². The van der Waals surface area contributed by atoms with Crippen molar-refractivity contribution in [2.75, 3.05) is 0 Å². The summed E-state index contributed by atoms with van der Waals surface area (Å²) in [4.78, 5) is 0. The molecule has 0 saturated carbocycles. The van der Waals surface area contributed by atoms with Gasteiger partial charge >= 0.3 is 26.2 Å². The van der Waals surface area contributed by atoms with Gasteiger partial charge in [-0.25, -0.2) is 0 Å². The van der Waals surface area contributed by atoms with Crippen molar-refractivity contribution in [2.45, 2.75) is 69.2 Å². The van der Waals surface area contributed by atoms with Crippen LogP contribution in [0.15, 0.2) is 0 Å². The third kappa shape index (κ3) is 4.42. The molecule has 0 amide bonds. The standard InChI is InChI=1S/2C10H15.H3Si.Zr/c2*1-6-7(2)9(4)10(5)8(6)3;;/h2*1-5H3;1H3;/q2*-1;;+2. The van der Waals surface area contributed by atoms with Gasteiger partial charge in [-0.3, -0.25) is 0 Å². The van der Waals surface area contributed by atoms with Crippen LogP contribution in [-0.4, -0.2) is 11.0 Å². The molecular formula is C20H33SiZr. The summed E-state index contributed by atoms with van der Waals surface area (Å²) in [5.41, 5.74) is 14.7. The van der Waals surface area contributed by atoms with E-state index in [1.807, 2.05) is 0 Å². The van der Waals surface area contributed by atoms with Crippen molar-refractivity contribution in [2.24, 2.45) is 0 Å². The van der Waals surface area contributed by atoms with E-state index in [0.717, 1.165) is 0 Å². The first-order valence-electron chi connectivity index (χ1n) is 7.50. The molecule has 22 heavy (non-hydrogen) atoms. The maximum Gasteiger partial charge on any atom is 2.00 e. The van der Waals surface area contributed by atoms with Gasteiger partial charge in [-0.15, -0.1) is 0 Å². The molecule has 2 aromatic rings. The molecule has 0 N–H and O–H groups in total. The molecule has 0 aliphatic heterocycles. The zero-order valence-corrected chi connectivity index (χ0v) is 21.0. The minimum atomic E-state index is 0. The molecule has 0 heterocycles. The third-order valence-corrected chi connectivity index (χ3v) is 5.62. The zero-order chi connectivity index (χ0) is 15.8. The van der Waals surface area contributed by atoms with Gasteiger partial charge in [0.1, 0.15) is 0 Å². The summed E-state index contributed by atoms with van der Waals surface area (Å²) in [6.07, 6.45) is 0. The van der Waals surface area contributed by atoms with Crippen molar-refractivity contribution < 1.29 is 26.2 Å². The molecule has 2 aromatic carbocycles. The molecule has 0 aliphatic rings. The van der Waals surface area contributed by atoms with Crippen molar-refractivity contribution >= 4 is 11.0 Å². The van der Waals surface area contributed by atoms with E-state index in [-0.39, 0.29) is 37.2 Å². The Bertz CT molecular complexity index is 410. The Morgan fingerprint density at radius 3 is 0.636 bits per heavy atom. The van der Waals surface area contributed by atoms with Gasteiger partial charge in [-0.1, -0.05) is 69.2 Å². The Kier molecular flexibility index (Phi) is 10.0. The maximum atomic E-state index is 2.20. The maximum absolute atomic E-state index is 2.20. The van der Waals surface area contributed by atoms with Crippen LogP contribution in [0.25, 0.3) is 0 Å². The van der Waals surface area contributed by atoms with Crippen LogP contribution in [-0.2, 0) is 26.2 Å². The van der Waals surface area contributed by atoms with Crippen LogP contribution >= 0.6 is 0 Å². The Morgan fingerprint density at radius 2 is 0.591 bits per heavy atom. The van der Waals surface area contributed by atoms with E-state index in [4.69, 9.17) is 0 Å². The van der Waals surface area contributed by atoms with Crippen LogP contribution in [0.3, 0.4) is 0 Å². The van der Waals surface area contributed by atoms with Crippen molar-refractivity contribution in [3.05, 3.63) is 55.6 Å². The smallest absolute Gasteiger partial charge is 0.196 e. The molecule has 2 heteroatoms. The first kappa shape index (κ1) is 24.1. The molecule has 1 radical (unpaired) electrons. The summed E-state index contributed by atoms with van der Waals surface area (Å²) >= 11 is 0. The van der Waals surface area contributed by atoms with Crippen LogP contribution < -0.4 is 0 Å². The first-order chi connectivity index (χ1) is 9.11. The summed E-state index contributed by atoms with van der Waals surface area (Å²) in [6.45, 7) is 22.0. The Balaban J connectivity index is 0. The van der Waals surface area contributed by atoms with E-state index >= 15 is 0 Å². The van der Waals surface area contributed by atoms with Gasteiger partial charge in [0, 0.05) is 0 Å². The van der Waals surface area contributed by atoms with Crippen LogP contribution in [0.4, 0.5) is 0 Å². The van der Waals surface area contributed by atoms with Crippen molar-refractivity contribution in [1.82, 2.24) is 0 Å². The van der Waals surface area contributed by atoms with E-state index in [9.17, 15) is 0 Å². The number of rotatable bonds is 0. The molecule has 0 atom stereocenters. The topological polar surface area (TPSA) is 0 Å². The zero-order valence-electron chi connectivity index (χ0n) is 16.5. The number of hydrogen-bond donors (Lipinski definition) is 0. The van der Waals surface area contributed by atoms with Gasteiger partial charge in [0.05, 0.1) is 0 Å². The van der Waals surface area contributed by atoms with Gasteiger partial charge in [-0.05, 0) is 11.0 Å². The second-order valence-electron chi connectivity index (χ2n) is 6.25. The molecule has 0 aliphatic carbocycles. The Labute approximate surface area is 161 Å². The summed E-state index contributed by atoms with van der Waals surface area (Å²) in [5, 5.41) is 0. The summed E-state index contributed by atoms with van der Waals surface area (Å²) in [7, 11) is 0. The quantitative estimate of drug-likeness (QED) is 0.450. The van der Waals surface area contributed by atoms with E-state index in [1.54, 1.807) is 0 Å². The second-order valence-corrected chi connectivity index (χ2v) is 6.25. The van der Waals surface area contributed by atoms with Gasteiger partial charge in [0.2, 0.25) is 0 Å². The van der Waals surface area contributed by atoms with Crippen LogP contribution in [0, 0.1) is 69.2 Å². The normalized spacial score (nSPS) is 9.55. The summed E-state index contributed by atoms with van der Waals surface area (Å²) in [6, 6.07) is 0. The monoisotopic (exact) mass is 391 g/mol. The molecule has 0 spiro atoms. The molecule has 2 rings (SSSR count). The average molecular weight is 393 g/mol.